The van der Waals surface area contributed by atoms with Crippen LogP contribution >= 0.6 is 0 Å². The van der Waals surface area contributed by atoms with Crippen LogP contribution in [0.25, 0.3) is 0 Å². The van der Waals surface area contributed by atoms with Crippen LogP contribution in [0.1, 0.15) is 59.8 Å². The average molecular weight is 225 g/mol. The molecule has 0 aromatic rings. The van der Waals surface area contributed by atoms with E-state index in [0.717, 1.165) is 0 Å². The number of rotatable bonds is 1. The van der Waals surface area contributed by atoms with Gasteiger partial charge in [0.1, 0.15) is 0 Å². The Kier molecular flexibility index (Phi) is 3.33. The molecule has 0 radical (unpaired) electrons. The minimum Gasteiger partial charge on any atom is -0.369 e. The van der Waals surface area contributed by atoms with Crippen molar-refractivity contribution >= 4 is 0 Å². The van der Waals surface area contributed by atoms with Gasteiger partial charge in [0.15, 0.2) is 0 Å². The van der Waals surface area contributed by atoms with Gasteiger partial charge in [0, 0.05) is 12.0 Å². The molecule has 1 N–H and O–H groups in total. The molecule has 2 aliphatic heterocycles. The molecule has 16 heavy (non-hydrogen) atoms. The lowest BCUT2D eigenvalue weighted by Gasteiger charge is -2.33. The van der Waals surface area contributed by atoms with E-state index in [0.29, 0.717) is 12.0 Å². The molecular formula is C14H27NO. The lowest BCUT2D eigenvalue weighted by atomic mass is 9.80. The molecule has 2 saturated heterocycles. The third-order valence-corrected chi connectivity index (χ3v) is 4.23. The predicted molar refractivity (Wildman–Crippen MR) is 67.6 cm³/mol. The van der Waals surface area contributed by atoms with Crippen molar-refractivity contribution in [3.8, 4) is 0 Å². The number of nitrogens with one attached hydrogen (secondary N) is 1. The molecule has 0 bridgehead atoms. The summed E-state index contributed by atoms with van der Waals surface area (Å²) in [4.78, 5) is 0. The molecule has 0 aromatic heterocycles. The molecule has 2 fully saturated rings. The highest BCUT2D eigenvalue weighted by Gasteiger charge is 2.48. The number of hydrogen-bond donors (Lipinski definition) is 1. The summed E-state index contributed by atoms with van der Waals surface area (Å²) in [5.74, 6) is 0.667. The van der Waals surface area contributed by atoms with Crippen LogP contribution < -0.4 is 5.32 Å². The van der Waals surface area contributed by atoms with E-state index in [1.807, 2.05) is 0 Å². The Bertz CT molecular complexity index is 239. The summed E-state index contributed by atoms with van der Waals surface area (Å²) in [5, 5.41) is 3.74. The first-order valence-electron chi connectivity index (χ1n) is 6.84. The van der Waals surface area contributed by atoms with Gasteiger partial charge in [-0.1, -0.05) is 12.8 Å². The van der Waals surface area contributed by atoms with Gasteiger partial charge in [-0.3, -0.25) is 0 Å². The second kappa shape index (κ2) is 4.30. The van der Waals surface area contributed by atoms with Crippen molar-refractivity contribution in [3.63, 3.8) is 0 Å². The topological polar surface area (TPSA) is 21.3 Å². The zero-order valence-corrected chi connectivity index (χ0v) is 11.3. The maximum atomic E-state index is 6.20. The number of hydrogen-bond acceptors (Lipinski definition) is 2. The van der Waals surface area contributed by atoms with Crippen molar-refractivity contribution in [3.05, 3.63) is 0 Å². The second-order valence-electron chi connectivity index (χ2n) is 6.69. The molecule has 0 aliphatic carbocycles. The van der Waals surface area contributed by atoms with Crippen LogP contribution in [-0.4, -0.2) is 23.8 Å². The summed E-state index contributed by atoms with van der Waals surface area (Å²) >= 11 is 0. The minimum atomic E-state index is 0.0332. The van der Waals surface area contributed by atoms with E-state index in [4.69, 9.17) is 4.74 Å². The van der Waals surface area contributed by atoms with E-state index in [1.54, 1.807) is 0 Å². The van der Waals surface area contributed by atoms with Crippen molar-refractivity contribution in [1.82, 2.24) is 5.32 Å². The maximum Gasteiger partial charge on any atom is 0.0677 e. The minimum absolute atomic E-state index is 0.0332. The fourth-order valence-corrected chi connectivity index (χ4v) is 3.63. The van der Waals surface area contributed by atoms with Gasteiger partial charge < -0.3 is 10.1 Å². The van der Waals surface area contributed by atoms with Gasteiger partial charge in [-0.15, -0.1) is 0 Å². The summed E-state index contributed by atoms with van der Waals surface area (Å²) in [6, 6.07) is 0.666. The van der Waals surface area contributed by atoms with Crippen molar-refractivity contribution in [2.75, 3.05) is 6.54 Å². The van der Waals surface area contributed by atoms with E-state index in [1.165, 1.54) is 38.6 Å². The standard InChI is InChI=1S/C14H27NO/c1-13(2)10-11(14(3,4)16-13)12-8-6-5-7-9-15-12/h11-12,15H,5-10H2,1-4H3. The van der Waals surface area contributed by atoms with E-state index in [-0.39, 0.29) is 11.2 Å². The molecule has 0 aromatic carbocycles. The Hall–Kier alpha value is -0.0800. The Labute approximate surface area is 100 Å². The van der Waals surface area contributed by atoms with Gasteiger partial charge >= 0.3 is 0 Å². The lowest BCUT2D eigenvalue weighted by molar-refractivity contribution is -0.0777. The predicted octanol–water partition coefficient (Wildman–Crippen LogP) is 3.11. The van der Waals surface area contributed by atoms with Crippen LogP contribution in [-0.2, 0) is 4.74 Å². The van der Waals surface area contributed by atoms with E-state index in [9.17, 15) is 0 Å². The second-order valence-corrected chi connectivity index (χ2v) is 6.69. The molecule has 2 heteroatoms. The molecular weight excluding hydrogens is 198 g/mol. The third kappa shape index (κ3) is 2.60. The maximum absolute atomic E-state index is 6.20. The normalized spacial score (nSPS) is 38.2. The van der Waals surface area contributed by atoms with Gasteiger partial charge in [-0.25, -0.2) is 0 Å². The zero-order valence-electron chi connectivity index (χ0n) is 11.3. The summed E-state index contributed by atoms with van der Waals surface area (Å²) < 4.78 is 6.20. The highest BCUT2D eigenvalue weighted by Crippen LogP contribution is 2.44. The smallest absolute Gasteiger partial charge is 0.0677 e. The molecule has 0 amide bonds. The van der Waals surface area contributed by atoms with Crippen LogP contribution in [0, 0.1) is 5.92 Å². The highest BCUT2D eigenvalue weighted by molar-refractivity contribution is 4.99. The fourth-order valence-electron chi connectivity index (χ4n) is 3.63. The van der Waals surface area contributed by atoms with Crippen molar-refractivity contribution in [2.24, 2.45) is 5.92 Å². The van der Waals surface area contributed by atoms with Crippen LogP contribution in [0.15, 0.2) is 0 Å². The molecule has 2 nitrogen and oxygen atoms in total. The van der Waals surface area contributed by atoms with Crippen molar-refractivity contribution in [1.29, 1.82) is 0 Å². The molecule has 0 spiro atoms. The molecule has 2 heterocycles. The average Bonchev–Trinajstić information content (AvgIpc) is 2.39. The first kappa shape index (κ1) is 12.4. The molecule has 2 atom stereocenters. The fraction of sp³-hybridized carbons (Fsp3) is 1.00. The van der Waals surface area contributed by atoms with Gasteiger partial charge in [0.05, 0.1) is 11.2 Å². The molecule has 0 saturated carbocycles. The first-order valence-corrected chi connectivity index (χ1v) is 6.84. The van der Waals surface area contributed by atoms with E-state index in [2.05, 4.69) is 33.0 Å². The van der Waals surface area contributed by atoms with Gasteiger partial charge in [-0.05, 0) is 53.5 Å². The third-order valence-electron chi connectivity index (χ3n) is 4.23. The molecule has 2 aliphatic rings. The van der Waals surface area contributed by atoms with Crippen LogP contribution in [0.2, 0.25) is 0 Å². The zero-order chi connectivity index (χ0) is 11.8. The highest BCUT2D eigenvalue weighted by atomic mass is 16.5. The van der Waals surface area contributed by atoms with Crippen LogP contribution in [0.5, 0.6) is 0 Å². The molecule has 2 unspecified atom stereocenters. The summed E-state index contributed by atoms with van der Waals surface area (Å²) in [7, 11) is 0. The first-order chi connectivity index (χ1) is 7.41. The summed E-state index contributed by atoms with van der Waals surface area (Å²) in [5.41, 5.74) is 0.0909. The van der Waals surface area contributed by atoms with Crippen molar-refractivity contribution in [2.45, 2.75) is 77.0 Å². The van der Waals surface area contributed by atoms with Gasteiger partial charge in [0.25, 0.3) is 0 Å². The van der Waals surface area contributed by atoms with Crippen LogP contribution in [0.3, 0.4) is 0 Å². The van der Waals surface area contributed by atoms with E-state index < -0.39 is 0 Å². The van der Waals surface area contributed by atoms with Gasteiger partial charge in [-0.2, -0.15) is 0 Å². The SMILES string of the molecule is CC1(C)CC(C2CCCCCN2)C(C)(C)O1. The lowest BCUT2D eigenvalue weighted by Crippen LogP contribution is -2.43. The van der Waals surface area contributed by atoms with Crippen molar-refractivity contribution < 1.29 is 4.74 Å². The Morgan fingerprint density at radius 2 is 1.81 bits per heavy atom. The Morgan fingerprint density at radius 1 is 1.06 bits per heavy atom. The number of ether oxygens (including phenoxy) is 1. The monoisotopic (exact) mass is 225 g/mol. The summed E-state index contributed by atoms with van der Waals surface area (Å²) in [6.45, 7) is 10.2. The van der Waals surface area contributed by atoms with Gasteiger partial charge in [0.2, 0.25) is 0 Å². The molecule has 94 valence electrons. The van der Waals surface area contributed by atoms with E-state index >= 15 is 0 Å². The molecule has 2 rings (SSSR count). The Morgan fingerprint density at radius 3 is 2.44 bits per heavy atom. The quantitative estimate of drug-likeness (QED) is 0.740. The Balaban J connectivity index is 2.07. The largest absolute Gasteiger partial charge is 0.369 e. The summed E-state index contributed by atoms with van der Waals surface area (Å²) in [6.07, 6.45) is 6.63. The van der Waals surface area contributed by atoms with Crippen LogP contribution in [0.4, 0.5) is 0 Å².